The summed E-state index contributed by atoms with van der Waals surface area (Å²) in [5.74, 6) is -2.32. The Labute approximate surface area is 101 Å². The fourth-order valence-electron chi connectivity index (χ4n) is 1.13. The topological polar surface area (TPSA) is 29.1 Å². The fraction of sp³-hybridized carbons (Fsp3) is 0.182. The molecule has 1 aromatic carbocycles. The Morgan fingerprint density at radius 2 is 2.06 bits per heavy atom. The lowest BCUT2D eigenvalue weighted by Gasteiger charge is -2.07. The fourth-order valence-corrected chi connectivity index (χ4v) is 1.20. The van der Waals surface area contributed by atoms with Gasteiger partial charge in [-0.25, -0.2) is 13.2 Å². The van der Waals surface area contributed by atoms with Gasteiger partial charge in [0.15, 0.2) is 5.83 Å². The van der Waals surface area contributed by atoms with Crippen LogP contribution in [0.5, 0.6) is 0 Å². The Balaban J connectivity index is 3.00. The van der Waals surface area contributed by atoms with Crippen molar-refractivity contribution in [2.45, 2.75) is 6.43 Å². The van der Waals surface area contributed by atoms with E-state index in [9.17, 15) is 18.0 Å². The number of para-hydroxylation sites is 1. The van der Waals surface area contributed by atoms with E-state index in [0.717, 1.165) is 0 Å². The molecule has 0 radical (unpaired) electrons. The third-order valence-corrected chi connectivity index (χ3v) is 2.10. The van der Waals surface area contributed by atoms with E-state index in [1.807, 2.05) is 0 Å². The number of nitrogens with one attached hydrogen (secondary N) is 1. The number of hydrogen-bond donors (Lipinski definition) is 1. The molecule has 1 amide bonds. The molecule has 0 aliphatic carbocycles. The Morgan fingerprint density at radius 1 is 1.41 bits per heavy atom. The predicted molar refractivity (Wildman–Crippen MR) is 60.9 cm³/mol. The molecule has 0 aliphatic rings. The molecule has 0 aromatic heterocycles. The third-order valence-electron chi connectivity index (χ3n) is 1.86. The number of halogens is 4. The first-order valence-electron chi connectivity index (χ1n) is 4.64. The van der Waals surface area contributed by atoms with Gasteiger partial charge in [0.2, 0.25) is 5.91 Å². The minimum atomic E-state index is -3.17. The van der Waals surface area contributed by atoms with Crippen molar-refractivity contribution in [2.24, 2.45) is 0 Å². The molecule has 1 rings (SSSR count). The van der Waals surface area contributed by atoms with E-state index in [2.05, 4.69) is 5.32 Å². The summed E-state index contributed by atoms with van der Waals surface area (Å²) in [5, 5.41) is 2.38. The molecule has 0 unspecified atom stereocenters. The lowest BCUT2D eigenvalue weighted by molar-refractivity contribution is -0.113. The van der Waals surface area contributed by atoms with Gasteiger partial charge >= 0.3 is 0 Å². The maximum atomic E-state index is 12.8. The average molecular weight is 264 g/mol. The molecule has 0 aliphatic heterocycles. The number of benzene rings is 1. The van der Waals surface area contributed by atoms with Crippen molar-refractivity contribution in [3.8, 4) is 0 Å². The SMILES string of the molecule is O=C(CCl)Nc1ccccc1C=C(F)C(F)F. The van der Waals surface area contributed by atoms with Crippen molar-refractivity contribution in [3.05, 3.63) is 35.7 Å². The van der Waals surface area contributed by atoms with Crippen molar-refractivity contribution < 1.29 is 18.0 Å². The van der Waals surface area contributed by atoms with Crippen LogP contribution in [0.15, 0.2) is 30.1 Å². The number of hydrogen-bond acceptors (Lipinski definition) is 1. The zero-order valence-electron chi connectivity index (χ0n) is 8.59. The van der Waals surface area contributed by atoms with E-state index in [-0.39, 0.29) is 17.1 Å². The maximum Gasteiger partial charge on any atom is 0.289 e. The zero-order valence-corrected chi connectivity index (χ0v) is 9.35. The van der Waals surface area contributed by atoms with Crippen LogP contribution in [0.2, 0.25) is 0 Å². The smallest absolute Gasteiger partial charge is 0.289 e. The Bertz CT molecular complexity index is 434. The number of alkyl halides is 3. The van der Waals surface area contributed by atoms with Crippen LogP contribution in [0.4, 0.5) is 18.9 Å². The predicted octanol–water partition coefficient (Wildman–Crippen LogP) is 3.44. The van der Waals surface area contributed by atoms with Crippen molar-refractivity contribution in [2.75, 3.05) is 11.2 Å². The first-order valence-corrected chi connectivity index (χ1v) is 5.18. The minimum absolute atomic E-state index is 0.156. The van der Waals surface area contributed by atoms with E-state index in [4.69, 9.17) is 11.6 Å². The van der Waals surface area contributed by atoms with Gasteiger partial charge in [0.25, 0.3) is 6.43 Å². The van der Waals surface area contributed by atoms with Gasteiger partial charge in [-0.05, 0) is 12.1 Å². The van der Waals surface area contributed by atoms with E-state index < -0.39 is 18.2 Å². The summed E-state index contributed by atoms with van der Waals surface area (Å²) < 4.78 is 36.8. The second-order valence-electron chi connectivity index (χ2n) is 3.10. The summed E-state index contributed by atoms with van der Waals surface area (Å²) in [6.07, 6.45) is -2.50. The summed E-state index contributed by atoms with van der Waals surface area (Å²) in [6, 6.07) is 6.00. The zero-order chi connectivity index (χ0) is 12.8. The lowest BCUT2D eigenvalue weighted by atomic mass is 10.1. The lowest BCUT2D eigenvalue weighted by Crippen LogP contribution is -2.13. The van der Waals surface area contributed by atoms with Gasteiger partial charge in [0.05, 0.1) is 0 Å². The normalized spacial score (nSPS) is 11.7. The molecule has 0 atom stereocenters. The van der Waals surface area contributed by atoms with E-state index in [1.54, 1.807) is 12.1 Å². The number of carbonyl (C=O) groups excluding carboxylic acids is 1. The Morgan fingerprint density at radius 3 is 2.65 bits per heavy atom. The van der Waals surface area contributed by atoms with Gasteiger partial charge in [-0.15, -0.1) is 11.6 Å². The highest BCUT2D eigenvalue weighted by atomic mass is 35.5. The van der Waals surface area contributed by atoms with Crippen LogP contribution in [-0.2, 0) is 4.79 Å². The summed E-state index contributed by atoms with van der Waals surface area (Å²) in [6.45, 7) is 0. The molecule has 0 saturated heterocycles. The first kappa shape index (κ1) is 13.6. The molecule has 2 nitrogen and oxygen atoms in total. The van der Waals surface area contributed by atoms with Crippen LogP contribution >= 0.6 is 11.6 Å². The molecule has 1 aromatic rings. The second-order valence-corrected chi connectivity index (χ2v) is 3.37. The highest BCUT2D eigenvalue weighted by molar-refractivity contribution is 6.29. The highest BCUT2D eigenvalue weighted by Gasteiger charge is 2.11. The largest absolute Gasteiger partial charge is 0.324 e. The minimum Gasteiger partial charge on any atom is -0.324 e. The van der Waals surface area contributed by atoms with Gasteiger partial charge in [0, 0.05) is 11.3 Å². The van der Waals surface area contributed by atoms with Gasteiger partial charge < -0.3 is 5.32 Å². The van der Waals surface area contributed by atoms with Crippen LogP contribution in [0.25, 0.3) is 6.08 Å². The summed E-state index contributed by atoms with van der Waals surface area (Å²) >= 11 is 5.29. The van der Waals surface area contributed by atoms with Crippen LogP contribution in [-0.4, -0.2) is 18.2 Å². The third kappa shape index (κ3) is 4.11. The molecule has 17 heavy (non-hydrogen) atoms. The number of rotatable bonds is 4. The van der Waals surface area contributed by atoms with E-state index >= 15 is 0 Å². The quantitative estimate of drug-likeness (QED) is 0.829. The van der Waals surface area contributed by atoms with Crippen molar-refractivity contribution in [1.82, 2.24) is 0 Å². The first-order chi connectivity index (χ1) is 8.04. The van der Waals surface area contributed by atoms with E-state index in [0.29, 0.717) is 6.08 Å². The number of allylic oxidation sites excluding steroid dienone is 1. The number of carbonyl (C=O) groups is 1. The van der Waals surface area contributed by atoms with Gasteiger partial charge in [-0.3, -0.25) is 4.79 Å². The van der Waals surface area contributed by atoms with Crippen LogP contribution in [0, 0.1) is 0 Å². The molecule has 0 bridgehead atoms. The van der Waals surface area contributed by atoms with Crippen molar-refractivity contribution in [3.63, 3.8) is 0 Å². The van der Waals surface area contributed by atoms with Gasteiger partial charge in [0.1, 0.15) is 5.88 Å². The van der Waals surface area contributed by atoms with Crippen molar-refractivity contribution in [1.29, 1.82) is 0 Å². The van der Waals surface area contributed by atoms with E-state index in [1.165, 1.54) is 12.1 Å². The summed E-state index contributed by atoms with van der Waals surface area (Å²) in [7, 11) is 0. The molecule has 1 N–H and O–H groups in total. The average Bonchev–Trinajstić information content (AvgIpc) is 2.31. The molecule has 0 heterocycles. The van der Waals surface area contributed by atoms with Gasteiger partial charge in [-0.1, -0.05) is 18.2 Å². The van der Waals surface area contributed by atoms with Crippen LogP contribution < -0.4 is 5.32 Å². The summed E-state index contributed by atoms with van der Waals surface area (Å²) in [4.78, 5) is 11.0. The Kier molecular flexibility index (Phi) is 5.03. The monoisotopic (exact) mass is 263 g/mol. The molecule has 0 saturated carbocycles. The Hall–Kier alpha value is -1.49. The number of anilines is 1. The van der Waals surface area contributed by atoms with Crippen LogP contribution in [0.1, 0.15) is 5.56 Å². The highest BCUT2D eigenvalue weighted by Crippen LogP contribution is 2.21. The van der Waals surface area contributed by atoms with Crippen LogP contribution in [0.3, 0.4) is 0 Å². The number of amides is 1. The molecular weight excluding hydrogens is 255 g/mol. The second kappa shape index (κ2) is 6.30. The van der Waals surface area contributed by atoms with Crippen molar-refractivity contribution >= 4 is 29.3 Å². The summed E-state index contributed by atoms with van der Waals surface area (Å²) in [5.41, 5.74) is 0.387. The molecule has 92 valence electrons. The van der Waals surface area contributed by atoms with Gasteiger partial charge in [-0.2, -0.15) is 0 Å². The maximum absolute atomic E-state index is 12.8. The molecular formula is C11H9ClF3NO. The molecule has 6 heteroatoms. The molecule has 0 spiro atoms. The molecule has 0 fully saturated rings. The standard InChI is InChI=1S/C11H9ClF3NO/c12-6-10(17)16-9-4-2-1-3-7(9)5-8(13)11(14)15/h1-5,11H,6H2,(H,16,17).